The topological polar surface area (TPSA) is 26.3 Å². The smallest absolute Gasteiger partial charge is 0.335 e. The molecule has 0 saturated heterocycles. The van der Waals surface area contributed by atoms with Gasteiger partial charge in [-0.3, -0.25) is 0 Å². The summed E-state index contributed by atoms with van der Waals surface area (Å²) in [6.45, 7) is 5.96. The van der Waals surface area contributed by atoms with Gasteiger partial charge in [-0.2, -0.15) is 0 Å². The molecule has 0 N–H and O–H groups in total. The maximum atomic E-state index is 11.2. The van der Waals surface area contributed by atoms with Gasteiger partial charge in [-0.05, 0) is 18.4 Å². The minimum atomic E-state index is -0.225. The zero-order chi connectivity index (χ0) is 10.3. The first-order chi connectivity index (χ1) is 6.17. The molecule has 0 saturated carbocycles. The van der Waals surface area contributed by atoms with Crippen molar-refractivity contribution < 1.29 is 9.53 Å². The molecule has 2 nitrogen and oxygen atoms in total. The number of ether oxygens (including phenoxy) is 1. The molecule has 0 spiro atoms. The Morgan fingerprint density at radius 1 is 1.23 bits per heavy atom. The van der Waals surface area contributed by atoms with E-state index < -0.39 is 0 Å². The molecule has 0 radical (unpaired) electrons. The Morgan fingerprint density at radius 2 is 1.69 bits per heavy atom. The van der Waals surface area contributed by atoms with Crippen molar-refractivity contribution >= 4 is 29.5 Å². The molecule has 0 aliphatic carbocycles. The second-order valence-electron chi connectivity index (χ2n) is 2.27. The van der Waals surface area contributed by atoms with Crippen LogP contribution in [0.25, 0.3) is 0 Å². The Kier molecular flexibility index (Phi) is 7.28. The molecule has 0 bridgehead atoms. The third kappa shape index (κ3) is 4.62. The van der Waals surface area contributed by atoms with Crippen LogP contribution in [0, 0.1) is 0 Å². The number of carbonyl (C=O) groups is 1. The Hall–Kier alpha value is -0.0900. The van der Waals surface area contributed by atoms with Gasteiger partial charge in [0.15, 0.2) is 0 Å². The minimum absolute atomic E-state index is 0.225. The Labute approximate surface area is 88.5 Å². The summed E-state index contributed by atoms with van der Waals surface area (Å²) in [6.07, 6.45) is 0. The van der Waals surface area contributed by atoms with Crippen molar-refractivity contribution in [2.45, 2.75) is 20.8 Å². The number of thioether (sulfide) groups is 2. The molecule has 0 atom stereocenters. The average Bonchev–Trinajstić information content (AvgIpc) is 2.15. The van der Waals surface area contributed by atoms with Crippen LogP contribution in [-0.4, -0.2) is 24.6 Å². The Bertz CT molecular complexity index is 192. The first kappa shape index (κ1) is 12.9. The van der Waals surface area contributed by atoms with E-state index in [9.17, 15) is 4.79 Å². The number of rotatable bonds is 5. The average molecular weight is 220 g/mol. The molecule has 0 rings (SSSR count). The molecule has 0 amide bonds. The second kappa shape index (κ2) is 7.33. The van der Waals surface area contributed by atoms with E-state index in [4.69, 9.17) is 0 Å². The van der Waals surface area contributed by atoms with Gasteiger partial charge in [0.2, 0.25) is 0 Å². The molecule has 0 aromatic heterocycles. The van der Waals surface area contributed by atoms with Crippen LogP contribution in [0.3, 0.4) is 0 Å². The molecule has 0 fully saturated rings. The van der Waals surface area contributed by atoms with Crippen LogP contribution in [0.2, 0.25) is 0 Å². The lowest BCUT2D eigenvalue weighted by Crippen LogP contribution is -2.03. The number of esters is 1. The molecule has 0 unspecified atom stereocenters. The maximum absolute atomic E-state index is 11.2. The predicted octanol–water partition coefficient (Wildman–Crippen LogP) is 2.90. The molecular weight excluding hydrogens is 204 g/mol. The first-order valence-electron chi connectivity index (χ1n) is 4.22. The van der Waals surface area contributed by atoms with Crippen molar-refractivity contribution in [2.24, 2.45) is 0 Å². The fourth-order valence-corrected chi connectivity index (χ4v) is 2.92. The SMILES string of the molecule is CCSC(SCC)=C(C)C(=O)OC. The van der Waals surface area contributed by atoms with Crippen molar-refractivity contribution in [3.63, 3.8) is 0 Å². The largest absolute Gasteiger partial charge is 0.466 e. The molecule has 0 heterocycles. The molecule has 13 heavy (non-hydrogen) atoms. The van der Waals surface area contributed by atoms with E-state index >= 15 is 0 Å². The molecule has 0 aromatic rings. The Morgan fingerprint density at radius 3 is 2.00 bits per heavy atom. The number of hydrogen-bond acceptors (Lipinski definition) is 4. The van der Waals surface area contributed by atoms with Gasteiger partial charge >= 0.3 is 5.97 Å². The predicted molar refractivity (Wildman–Crippen MR) is 61.0 cm³/mol. The van der Waals surface area contributed by atoms with E-state index in [0.29, 0.717) is 0 Å². The van der Waals surface area contributed by atoms with Crippen LogP contribution in [0.4, 0.5) is 0 Å². The standard InChI is InChI=1S/C9H16O2S2/c1-5-12-9(13-6-2)7(3)8(10)11-4/h5-6H2,1-4H3. The van der Waals surface area contributed by atoms with Crippen molar-refractivity contribution in [3.05, 3.63) is 9.81 Å². The summed E-state index contributed by atoms with van der Waals surface area (Å²) in [6, 6.07) is 0. The first-order valence-corrected chi connectivity index (χ1v) is 6.19. The summed E-state index contributed by atoms with van der Waals surface area (Å²) >= 11 is 3.39. The van der Waals surface area contributed by atoms with Gasteiger partial charge in [-0.1, -0.05) is 13.8 Å². The van der Waals surface area contributed by atoms with Crippen LogP contribution in [0.1, 0.15) is 20.8 Å². The lowest BCUT2D eigenvalue weighted by Gasteiger charge is -2.07. The van der Waals surface area contributed by atoms with E-state index in [-0.39, 0.29) is 5.97 Å². The van der Waals surface area contributed by atoms with Crippen LogP contribution in [0.15, 0.2) is 9.81 Å². The maximum Gasteiger partial charge on any atom is 0.335 e. The van der Waals surface area contributed by atoms with Crippen LogP contribution >= 0.6 is 23.5 Å². The van der Waals surface area contributed by atoms with Gasteiger partial charge in [0.1, 0.15) is 0 Å². The highest BCUT2D eigenvalue weighted by molar-refractivity contribution is 8.22. The highest BCUT2D eigenvalue weighted by atomic mass is 32.2. The molecule has 4 heteroatoms. The van der Waals surface area contributed by atoms with Crippen molar-refractivity contribution in [1.29, 1.82) is 0 Å². The second-order valence-corrected chi connectivity index (χ2v) is 5.08. The third-order valence-corrected chi connectivity index (χ3v) is 3.77. The van der Waals surface area contributed by atoms with Crippen LogP contribution in [-0.2, 0) is 9.53 Å². The molecule has 0 aliphatic heterocycles. The molecule has 0 aliphatic rings. The zero-order valence-corrected chi connectivity index (χ0v) is 10.2. The number of hydrogen-bond donors (Lipinski definition) is 0. The summed E-state index contributed by atoms with van der Waals surface area (Å²) in [5.74, 6) is 1.74. The number of carbonyl (C=O) groups excluding carboxylic acids is 1. The van der Waals surface area contributed by atoms with E-state index in [1.165, 1.54) is 7.11 Å². The highest BCUT2D eigenvalue weighted by Gasteiger charge is 2.10. The fraction of sp³-hybridized carbons (Fsp3) is 0.667. The van der Waals surface area contributed by atoms with Crippen molar-refractivity contribution in [2.75, 3.05) is 18.6 Å². The van der Waals surface area contributed by atoms with Gasteiger partial charge in [-0.15, -0.1) is 23.5 Å². The normalized spacial score (nSPS) is 9.54. The monoisotopic (exact) mass is 220 g/mol. The van der Waals surface area contributed by atoms with E-state index in [2.05, 4.69) is 18.6 Å². The quantitative estimate of drug-likeness (QED) is 0.526. The van der Waals surface area contributed by atoms with Crippen LogP contribution < -0.4 is 0 Å². The van der Waals surface area contributed by atoms with Gasteiger partial charge in [0.05, 0.1) is 16.9 Å². The van der Waals surface area contributed by atoms with Gasteiger partial charge in [0.25, 0.3) is 0 Å². The van der Waals surface area contributed by atoms with Crippen LogP contribution in [0.5, 0.6) is 0 Å². The summed E-state index contributed by atoms with van der Waals surface area (Å²) < 4.78 is 5.74. The highest BCUT2D eigenvalue weighted by Crippen LogP contribution is 2.31. The van der Waals surface area contributed by atoms with Crippen molar-refractivity contribution in [3.8, 4) is 0 Å². The summed E-state index contributed by atoms with van der Waals surface area (Å²) in [5.41, 5.74) is 0.723. The van der Waals surface area contributed by atoms with E-state index in [0.717, 1.165) is 21.3 Å². The zero-order valence-electron chi connectivity index (χ0n) is 8.55. The number of methoxy groups -OCH3 is 1. The van der Waals surface area contributed by atoms with Gasteiger partial charge in [0, 0.05) is 0 Å². The lowest BCUT2D eigenvalue weighted by atomic mass is 10.4. The summed E-state index contributed by atoms with van der Waals surface area (Å²) in [4.78, 5) is 11.2. The van der Waals surface area contributed by atoms with Gasteiger partial charge in [-0.25, -0.2) is 4.79 Å². The summed E-state index contributed by atoms with van der Waals surface area (Å²) in [7, 11) is 1.41. The summed E-state index contributed by atoms with van der Waals surface area (Å²) in [5, 5.41) is 0. The van der Waals surface area contributed by atoms with E-state index in [1.807, 2.05) is 6.92 Å². The Balaban J connectivity index is 4.52. The van der Waals surface area contributed by atoms with E-state index in [1.54, 1.807) is 23.5 Å². The lowest BCUT2D eigenvalue weighted by molar-refractivity contribution is -0.136. The molecular formula is C9H16O2S2. The van der Waals surface area contributed by atoms with Crippen molar-refractivity contribution in [1.82, 2.24) is 0 Å². The van der Waals surface area contributed by atoms with Gasteiger partial charge < -0.3 is 4.74 Å². The third-order valence-electron chi connectivity index (χ3n) is 1.35. The molecule has 0 aromatic carbocycles. The molecule has 76 valence electrons. The fourth-order valence-electron chi connectivity index (χ4n) is 0.757. The minimum Gasteiger partial charge on any atom is -0.466 e.